The average Bonchev–Trinajstić information content (AvgIpc) is 2.52. The molecule has 0 radical (unpaired) electrons. The second kappa shape index (κ2) is 5.94. The number of nitrogens with zero attached hydrogens (tertiary/aromatic N) is 3. The lowest BCUT2D eigenvalue weighted by atomic mass is 10.2. The molecule has 0 amide bonds. The molecule has 0 N–H and O–H groups in total. The van der Waals surface area contributed by atoms with Crippen LogP contribution in [0.4, 0.5) is 0 Å². The van der Waals surface area contributed by atoms with Gasteiger partial charge in [-0.3, -0.25) is 0 Å². The van der Waals surface area contributed by atoms with Gasteiger partial charge in [0.2, 0.25) is 5.28 Å². The summed E-state index contributed by atoms with van der Waals surface area (Å²) in [5.74, 6) is 0. The number of hydrogen-bond acceptors (Lipinski definition) is 3. The maximum absolute atomic E-state index is 5.74. The van der Waals surface area contributed by atoms with E-state index in [0.29, 0.717) is 5.28 Å². The highest BCUT2D eigenvalue weighted by Gasteiger charge is 1.98. The van der Waals surface area contributed by atoms with E-state index in [1.165, 1.54) is 0 Å². The van der Waals surface area contributed by atoms with E-state index in [1.54, 1.807) is 13.4 Å². The molecule has 0 aromatic carbocycles. The molecule has 1 aromatic rings. The Balaban J connectivity index is 2.10. The smallest absolute Gasteiger partial charge is 0.224 e. The van der Waals surface area contributed by atoms with Gasteiger partial charge in [-0.25, -0.2) is 0 Å². The third-order valence-electron chi connectivity index (χ3n) is 1.82. The Kier molecular flexibility index (Phi) is 4.78. The van der Waals surface area contributed by atoms with Gasteiger partial charge in [0, 0.05) is 20.3 Å². The van der Waals surface area contributed by atoms with Crippen LogP contribution in [0.3, 0.4) is 0 Å². The molecular weight excluding hydrogens is 190 g/mol. The molecule has 0 aliphatic heterocycles. The maximum Gasteiger partial charge on any atom is 0.224 e. The Morgan fingerprint density at radius 3 is 2.92 bits per heavy atom. The molecule has 0 saturated carbocycles. The van der Waals surface area contributed by atoms with Crippen LogP contribution in [-0.2, 0) is 11.3 Å². The number of aromatic nitrogens is 3. The third kappa shape index (κ3) is 3.74. The second-order valence-electron chi connectivity index (χ2n) is 2.85. The standard InChI is InChI=1S/C8H14ClN3O/c1-13-6-4-2-3-5-12-7-10-11-8(12)9/h7H,2-6H2,1H3. The molecule has 1 aromatic heterocycles. The van der Waals surface area contributed by atoms with Crippen LogP contribution in [0.1, 0.15) is 19.3 Å². The van der Waals surface area contributed by atoms with E-state index in [1.807, 2.05) is 4.57 Å². The molecule has 0 atom stereocenters. The minimum atomic E-state index is 0.465. The van der Waals surface area contributed by atoms with Crippen molar-refractivity contribution in [3.8, 4) is 0 Å². The van der Waals surface area contributed by atoms with E-state index in [0.717, 1.165) is 32.4 Å². The van der Waals surface area contributed by atoms with Gasteiger partial charge in [-0.15, -0.1) is 10.2 Å². The van der Waals surface area contributed by atoms with Gasteiger partial charge in [0.15, 0.2) is 0 Å². The Hall–Kier alpha value is -0.610. The van der Waals surface area contributed by atoms with E-state index < -0.39 is 0 Å². The molecule has 1 heterocycles. The van der Waals surface area contributed by atoms with Crippen LogP contribution in [0.25, 0.3) is 0 Å². The molecule has 1 rings (SSSR count). The molecule has 0 fully saturated rings. The molecule has 0 aliphatic rings. The van der Waals surface area contributed by atoms with Gasteiger partial charge in [0.25, 0.3) is 0 Å². The van der Waals surface area contributed by atoms with Gasteiger partial charge in [-0.1, -0.05) is 0 Å². The van der Waals surface area contributed by atoms with Gasteiger partial charge in [0.1, 0.15) is 6.33 Å². The summed E-state index contributed by atoms with van der Waals surface area (Å²) < 4.78 is 6.79. The van der Waals surface area contributed by atoms with Crippen molar-refractivity contribution >= 4 is 11.6 Å². The average molecular weight is 204 g/mol. The largest absolute Gasteiger partial charge is 0.385 e. The van der Waals surface area contributed by atoms with Crippen LogP contribution in [0.15, 0.2) is 6.33 Å². The van der Waals surface area contributed by atoms with Crippen LogP contribution in [0.5, 0.6) is 0 Å². The Morgan fingerprint density at radius 2 is 2.31 bits per heavy atom. The van der Waals surface area contributed by atoms with Crippen molar-refractivity contribution in [2.24, 2.45) is 0 Å². The van der Waals surface area contributed by atoms with Gasteiger partial charge in [-0.2, -0.15) is 0 Å². The van der Waals surface area contributed by atoms with Crippen LogP contribution in [-0.4, -0.2) is 28.5 Å². The highest BCUT2D eigenvalue weighted by atomic mass is 35.5. The third-order valence-corrected chi connectivity index (χ3v) is 2.11. The molecule has 13 heavy (non-hydrogen) atoms. The highest BCUT2D eigenvalue weighted by Crippen LogP contribution is 2.05. The molecule has 4 nitrogen and oxygen atoms in total. The van der Waals surface area contributed by atoms with Gasteiger partial charge in [0.05, 0.1) is 0 Å². The maximum atomic E-state index is 5.74. The molecule has 0 unspecified atom stereocenters. The molecule has 74 valence electrons. The SMILES string of the molecule is COCCCCCn1cnnc1Cl. The van der Waals surface area contributed by atoms with Crippen molar-refractivity contribution in [2.75, 3.05) is 13.7 Å². The summed E-state index contributed by atoms with van der Waals surface area (Å²) in [5, 5.41) is 7.84. The fraction of sp³-hybridized carbons (Fsp3) is 0.750. The van der Waals surface area contributed by atoms with Crippen molar-refractivity contribution < 1.29 is 4.74 Å². The van der Waals surface area contributed by atoms with E-state index in [-0.39, 0.29) is 0 Å². The Labute approximate surface area is 82.9 Å². The molecule has 0 spiro atoms. The van der Waals surface area contributed by atoms with Crippen LogP contribution >= 0.6 is 11.6 Å². The van der Waals surface area contributed by atoms with Crippen molar-refractivity contribution in [3.63, 3.8) is 0 Å². The van der Waals surface area contributed by atoms with E-state index in [9.17, 15) is 0 Å². The molecule has 0 saturated heterocycles. The van der Waals surface area contributed by atoms with Crippen molar-refractivity contribution in [1.82, 2.24) is 14.8 Å². The van der Waals surface area contributed by atoms with Crippen molar-refractivity contribution in [3.05, 3.63) is 11.6 Å². The Morgan fingerprint density at radius 1 is 1.46 bits per heavy atom. The van der Waals surface area contributed by atoms with Gasteiger partial charge >= 0.3 is 0 Å². The zero-order chi connectivity index (χ0) is 9.52. The summed E-state index contributed by atoms with van der Waals surface area (Å²) in [6.45, 7) is 1.71. The first kappa shape index (κ1) is 10.5. The van der Waals surface area contributed by atoms with E-state index in [2.05, 4.69) is 10.2 Å². The normalized spacial score (nSPS) is 10.6. The summed E-state index contributed by atoms with van der Waals surface area (Å²) in [7, 11) is 1.72. The summed E-state index contributed by atoms with van der Waals surface area (Å²) in [4.78, 5) is 0. The highest BCUT2D eigenvalue weighted by molar-refractivity contribution is 6.28. The zero-order valence-electron chi connectivity index (χ0n) is 7.74. The van der Waals surface area contributed by atoms with Crippen LogP contribution < -0.4 is 0 Å². The van der Waals surface area contributed by atoms with Gasteiger partial charge in [-0.05, 0) is 30.9 Å². The lowest BCUT2D eigenvalue weighted by Crippen LogP contribution is -1.97. The first-order valence-electron chi connectivity index (χ1n) is 4.37. The van der Waals surface area contributed by atoms with Crippen LogP contribution in [0.2, 0.25) is 5.28 Å². The second-order valence-corrected chi connectivity index (χ2v) is 3.18. The van der Waals surface area contributed by atoms with Crippen molar-refractivity contribution in [1.29, 1.82) is 0 Å². The lowest BCUT2D eigenvalue weighted by Gasteiger charge is -2.01. The topological polar surface area (TPSA) is 39.9 Å². The number of halogens is 1. The minimum absolute atomic E-state index is 0.465. The first-order valence-corrected chi connectivity index (χ1v) is 4.74. The number of hydrogen-bond donors (Lipinski definition) is 0. The fourth-order valence-corrected chi connectivity index (χ4v) is 1.27. The van der Waals surface area contributed by atoms with Gasteiger partial charge < -0.3 is 9.30 Å². The van der Waals surface area contributed by atoms with Crippen molar-refractivity contribution in [2.45, 2.75) is 25.8 Å². The predicted molar refractivity (Wildman–Crippen MR) is 50.8 cm³/mol. The first-order chi connectivity index (χ1) is 6.34. The number of unbranched alkanes of at least 4 members (excludes halogenated alkanes) is 2. The predicted octanol–water partition coefficient (Wildman–Crippen LogP) is 1.75. The number of ether oxygens (including phenoxy) is 1. The van der Waals surface area contributed by atoms with E-state index in [4.69, 9.17) is 16.3 Å². The summed E-state index contributed by atoms with van der Waals surface area (Å²) in [6, 6.07) is 0. The number of rotatable bonds is 6. The summed E-state index contributed by atoms with van der Waals surface area (Å²) in [6.07, 6.45) is 4.97. The summed E-state index contributed by atoms with van der Waals surface area (Å²) in [5.41, 5.74) is 0. The van der Waals surface area contributed by atoms with E-state index >= 15 is 0 Å². The quantitative estimate of drug-likeness (QED) is 0.662. The fourth-order valence-electron chi connectivity index (χ4n) is 1.10. The number of aryl methyl sites for hydroxylation is 1. The monoisotopic (exact) mass is 203 g/mol. The summed E-state index contributed by atoms with van der Waals surface area (Å²) >= 11 is 5.74. The van der Waals surface area contributed by atoms with Crippen LogP contribution in [0, 0.1) is 0 Å². The molecule has 0 aliphatic carbocycles. The molecule has 5 heteroatoms. The molecular formula is C8H14ClN3O. The lowest BCUT2D eigenvalue weighted by molar-refractivity contribution is 0.191. The molecule has 0 bridgehead atoms. The Bertz CT molecular complexity index is 239. The number of methoxy groups -OCH3 is 1. The minimum Gasteiger partial charge on any atom is -0.385 e. The zero-order valence-corrected chi connectivity index (χ0v) is 8.50.